The Morgan fingerprint density at radius 3 is 2.61 bits per heavy atom. The highest BCUT2D eigenvalue weighted by Gasteiger charge is 2.28. The normalized spacial score (nSPS) is 15.3. The van der Waals surface area contributed by atoms with E-state index in [1.165, 1.54) is 18.2 Å². The summed E-state index contributed by atoms with van der Waals surface area (Å²) in [6.07, 6.45) is 1.78. The Hall–Kier alpha value is -1.76. The van der Waals surface area contributed by atoms with Gasteiger partial charge in [-0.2, -0.15) is 0 Å². The van der Waals surface area contributed by atoms with Gasteiger partial charge in [0.25, 0.3) is 0 Å². The minimum atomic E-state index is -3.54. The van der Waals surface area contributed by atoms with Crippen molar-refractivity contribution in [2.45, 2.75) is 12.8 Å². The van der Waals surface area contributed by atoms with Crippen LogP contribution in [0.1, 0.15) is 23.2 Å². The zero-order valence-corrected chi connectivity index (χ0v) is 10.3. The summed E-state index contributed by atoms with van der Waals surface area (Å²) in [5.74, 6) is -1.70. The molecule has 0 amide bonds. The minimum absolute atomic E-state index is 0.00371. The molecule has 1 saturated carbocycles. The van der Waals surface area contributed by atoms with E-state index in [0.29, 0.717) is 0 Å². The second kappa shape index (κ2) is 4.49. The number of para-hydroxylation sites is 1. The van der Waals surface area contributed by atoms with Gasteiger partial charge in [-0.25, -0.2) is 13.2 Å². The summed E-state index contributed by atoms with van der Waals surface area (Å²) in [6.45, 7) is 0. The van der Waals surface area contributed by atoms with Crippen molar-refractivity contribution in [2.24, 2.45) is 5.92 Å². The van der Waals surface area contributed by atoms with Crippen LogP contribution in [0.25, 0.3) is 0 Å². The van der Waals surface area contributed by atoms with Crippen LogP contribution < -0.4 is 4.72 Å². The van der Waals surface area contributed by atoms with E-state index in [9.17, 15) is 18.3 Å². The number of aromatic carboxylic acids is 1. The van der Waals surface area contributed by atoms with Crippen LogP contribution in [0.4, 0.5) is 5.69 Å². The van der Waals surface area contributed by atoms with Gasteiger partial charge in [0, 0.05) is 0 Å². The summed E-state index contributed by atoms with van der Waals surface area (Å²) in [5.41, 5.74) is -0.433. The van der Waals surface area contributed by atoms with Gasteiger partial charge in [-0.05, 0) is 30.9 Å². The van der Waals surface area contributed by atoms with Crippen molar-refractivity contribution < 1.29 is 23.4 Å². The Kier molecular flexibility index (Phi) is 3.16. The number of carboxylic acids is 1. The standard InChI is InChI=1S/C11H13NO5S/c13-10-8(11(14)15)2-1-3-9(10)12-18(16,17)6-7-4-5-7/h1-3,7,12-13H,4-6H2,(H,14,15). The highest BCUT2D eigenvalue weighted by Crippen LogP contribution is 2.32. The lowest BCUT2D eigenvalue weighted by Crippen LogP contribution is -2.18. The van der Waals surface area contributed by atoms with E-state index in [4.69, 9.17) is 5.11 Å². The molecule has 0 aliphatic heterocycles. The highest BCUT2D eigenvalue weighted by molar-refractivity contribution is 7.92. The van der Waals surface area contributed by atoms with Crippen LogP contribution in [0.3, 0.4) is 0 Å². The third kappa shape index (κ3) is 2.92. The van der Waals surface area contributed by atoms with Gasteiger partial charge in [-0.3, -0.25) is 4.72 Å². The summed E-state index contributed by atoms with van der Waals surface area (Å²) in [7, 11) is -3.54. The number of hydrogen-bond acceptors (Lipinski definition) is 4. The zero-order chi connectivity index (χ0) is 13.3. The first kappa shape index (κ1) is 12.7. The molecule has 0 saturated heterocycles. The summed E-state index contributed by atoms with van der Waals surface area (Å²) < 4.78 is 25.6. The van der Waals surface area contributed by atoms with Crippen LogP contribution in [0.5, 0.6) is 5.75 Å². The molecule has 0 atom stereocenters. The number of benzene rings is 1. The molecule has 1 aromatic carbocycles. The van der Waals surface area contributed by atoms with Crippen molar-refractivity contribution in [3.63, 3.8) is 0 Å². The van der Waals surface area contributed by atoms with Crippen LogP contribution in [0.15, 0.2) is 18.2 Å². The first-order valence-electron chi connectivity index (χ1n) is 5.45. The molecule has 7 heteroatoms. The molecule has 6 nitrogen and oxygen atoms in total. The number of hydrogen-bond donors (Lipinski definition) is 3. The average Bonchev–Trinajstić information content (AvgIpc) is 3.03. The van der Waals surface area contributed by atoms with E-state index in [2.05, 4.69) is 4.72 Å². The van der Waals surface area contributed by atoms with Crippen molar-refractivity contribution in [2.75, 3.05) is 10.5 Å². The van der Waals surface area contributed by atoms with Crippen LogP contribution in [0, 0.1) is 5.92 Å². The average molecular weight is 271 g/mol. The predicted octanol–water partition coefficient (Wildman–Crippen LogP) is 1.24. The molecule has 0 unspecified atom stereocenters. The SMILES string of the molecule is O=C(O)c1cccc(NS(=O)(=O)CC2CC2)c1O. The topological polar surface area (TPSA) is 104 Å². The van der Waals surface area contributed by atoms with Gasteiger partial charge >= 0.3 is 5.97 Å². The molecule has 0 spiro atoms. The predicted molar refractivity (Wildman–Crippen MR) is 65.2 cm³/mol. The zero-order valence-electron chi connectivity index (χ0n) is 9.46. The molecular formula is C11H13NO5S. The molecule has 1 aliphatic rings. The van der Waals surface area contributed by atoms with Crippen LogP contribution in [0.2, 0.25) is 0 Å². The maximum Gasteiger partial charge on any atom is 0.339 e. The molecule has 3 N–H and O–H groups in total. The van der Waals surface area contributed by atoms with Crippen LogP contribution in [-0.4, -0.2) is 30.4 Å². The second-order valence-corrected chi connectivity index (χ2v) is 6.10. The summed E-state index contributed by atoms with van der Waals surface area (Å²) in [6, 6.07) is 3.90. The summed E-state index contributed by atoms with van der Waals surface area (Å²) in [5, 5.41) is 18.5. The highest BCUT2D eigenvalue weighted by atomic mass is 32.2. The largest absolute Gasteiger partial charge is 0.505 e. The molecule has 98 valence electrons. The van der Waals surface area contributed by atoms with E-state index >= 15 is 0 Å². The van der Waals surface area contributed by atoms with E-state index in [0.717, 1.165) is 12.8 Å². The van der Waals surface area contributed by atoms with Gasteiger partial charge < -0.3 is 10.2 Å². The first-order valence-corrected chi connectivity index (χ1v) is 7.10. The molecule has 0 aromatic heterocycles. The van der Waals surface area contributed by atoms with Crippen molar-refractivity contribution in [1.29, 1.82) is 0 Å². The lowest BCUT2D eigenvalue weighted by atomic mass is 10.2. The number of anilines is 1. The van der Waals surface area contributed by atoms with Crippen molar-refractivity contribution in [3.05, 3.63) is 23.8 Å². The third-order valence-electron chi connectivity index (χ3n) is 2.68. The van der Waals surface area contributed by atoms with Gasteiger partial charge in [0.05, 0.1) is 11.4 Å². The Morgan fingerprint density at radius 2 is 2.06 bits per heavy atom. The van der Waals surface area contributed by atoms with Crippen molar-refractivity contribution in [3.8, 4) is 5.75 Å². The van der Waals surface area contributed by atoms with Gasteiger partial charge in [0.1, 0.15) is 5.56 Å². The summed E-state index contributed by atoms with van der Waals surface area (Å²) in [4.78, 5) is 10.8. The molecule has 1 aliphatic carbocycles. The second-order valence-electron chi connectivity index (χ2n) is 4.33. The van der Waals surface area contributed by atoms with Gasteiger partial charge in [-0.15, -0.1) is 0 Å². The van der Waals surface area contributed by atoms with E-state index in [1.54, 1.807) is 0 Å². The number of nitrogens with one attached hydrogen (secondary N) is 1. The minimum Gasteiger partial charge on any atom is -0.505 e. The number of carbonyl (C=O) groups is 1. The molecule has 0 heterocycles. The fraction of sp³-hybridized carbons (Fsp3) is 0.364. The lowest BCUT2D eigenvalue weighted by molar-refractivity contribution is 0.0694. The molecule has 0 radical (unpaired) electrons. The maximum absolute atomic E-state index is 11.7. The van der Waals surface area contributed by atoms with Crippen LogP contribution >= 0.6 is 0 Å². The van der Waals surface area contributed by atoms with Gasteiger partial charge in [0.2, 0.25) is 10.0 Å². The van der Waals surface area contributed by atoms with Gasteiger partial charge in [0.15, 0.2) is 5.75 Å². The molecule has 1 fully saturated rings. The van der Waals surface area contributed by atoms with E-state index in [-0.39, 0.29) is 22.9 Å². The quantitative estimate of drug-likeness (QED) is 0.699. The summed E-state index contributed by atoms with van der Waals surface area (Å²) >= 11 is 0. The Balaban J connectivity index is 2.23. The number of rotatable bonds is 5. The molecule has 1 aromatic rings. The number of carboxylic acid groups (broad SMARTS) is 1. The molecular weight excluding hydrogens is 258 g/mol. The third-order valence-corrected chi connectivity index (χ3v) is 4.13. The van der Waals surface area contributed by atoms with Crippen LogP contribution in [-0.2, 0) is 10.0 Å². The fourth-order valence-corrected chi connectivity index (χ4v) is 3.14. The first-order chi connectivity index (χ1) is 8.39. The number of sulfonamides is 1. The van der Waals surface area contributed by atoms with E-state index < -0.39 is 21.7 Å². The van der Waals surface area contributed by atoms with Gasteiger partial charge in [-0.1, -0.05) is 6.07 Å². The smallest absolute Gasteiger partial charge is 0.339 e. The Bertz CT molecular complexity index is 577. The van der Waals surface area contributed by atoms with Crippen molar-refractivity contribution >= 4 is 21.7 Å². The monoisotopic (exact) mass is 271 g/mol. The van der Waals surface area contributed by atoms with Crippen molar-refractivity contribution in [1.82, 2.24) is 0 Å². The molecule has 2 rings (SSSR count). The maximum atomic E-state index is 11.7. The lowest BCUT2D eigenvalue weighted by Gasteiger charge is -2.10. The molecule has 0 bridgehead atoms. The Labute approximate surface area is 104 Å². The Morgan fingerprint density at radius 1 is 1.39 bits per heavy atom. The molecule has 18 heavy (non-hydrogen) atoms. The fourth-order valence-electron chi connectivity index (χ4n) is 1.60. The van der Waals surface area contributed by atoms with E-state index in [1.807, 2.05) is 0 Å². The number of aromatic hydroxyl groups is 1. The number of phenols is 1.